The van der Waals surface area contributed by atoms with Crippen molar-refractivity contribution in [3.8, 4) is 6.07 Å². The number of carbonyl (C=O) groups is 2. The summed E-state index contributed by atoms with van der Waals surface area (Å²) < 4.78 is 0. The minimum Gasteiger partial charge on any atom is -0.269 e. The first-order chi connectivity index (χ1) is 10.1. The third-order valence-corrected chi connectivity index (χ3v) is 3.85. The van der Waals surface area contributed by atoms with Gasteiger partial charge >= 0.3 is 0 Å². The topological polar surface area (TPSA) is 61.2 Å². The molecule has 3 rings (SSSR count). The van der Waals surface area contributed by atoms with Gasteiger partial charge in [0.15, 0.2) is 0 Å². The molecule has 1 unspecified atom stereocenters. The van der Waals surface area contributed by atoms with E-state index in [9.17, 15) is 14.9 Å². The highest BCUT2D eigenvalue weighted by molar-refractivity contribution is 6.25. The van der Waals surface area contributed by atoms with E-state index in [1.807, 2.05) is 26.0 Å². The summed E-state index contributed by atoms with van der Waals surface area (Å²) in [5.41, 5.74) is 0.979. The van der Waals surface area contributed by atoms with Gasteiger partial charge in [-0.25, -0.2) is 0 Å². The maximum absolute atomic E-state index is 12.7. The molecule has 0 saturated carbocycles. The van der Waals surface area contributed by atoms with E-state index in [0.29, 0.717) is 16.5 Å². The Morgan fingerprint density at radius 3 is 1.95 bits per heavy atom. The first-order valence-electron chi connectivity index (χ1n) is 6.85. The van der Waals surface area contributed by atoms with Gasteiger partial charge < -0.3 is 0 Å². The molecule has 1 aliphatic rings. The molecule has 0 saturated heterocycles. The molecule has 2 aromatic carbocycles. The van der Waals surface area contributed by atoms with Crippen molar-refractivity contribution in [3.05, 3.63) is 47.5 Å². The van der Waals surface area contributed by atoms with Gasteiger partial charge in [0.05, 0.1) is 6.07 Å². The quantitative estimate of drug-likeness (QED) is 0.793. The van der Waals surface area contributed by atoms with Crippen LogP contribution in [-0.2, 0) is 0 Å². The smallest absolute Gasteiger partial charge is 0.262 e. The standard InChI is InChI=1S/C17H14N2O2/c1-10(2)14(9-18)19-16(20)12-7-3-5-11-6-4-8-13(15(11)12)17(19)21/h3-8,10,14H,1-2H3. The van der Waals surface area contributed by atoms with Crippen molar-refractivity contribution >= 4 is 22.6 Å². The minimum atomic E-state index is -0.756. The molecule has 0 bridgehead atoms. The maximum atomic E-state index is 12.7. The molecule has 0 spiro atoms. The van der Waals surface area contributed by atoms with E-state index in [2.05, 4.69) is 6.07 Å². The molecule has 1 atom stereocenters. The zero-order valence-electron chi connectivity index (χ0n) is 11.8. The Labute approximate surface area is 122 Å². The van der Waals surface area contributed by atoms with Gasteiger partial charge in [-0.05, 0) is 23.4 Å². The molecular weight excluding hydrogens is 264 g/mol. The fraction of sp³-hybridized carbons (Fsp3) is 0.235. The molecule has 0 radical (unpaired) electrons. The van der Waals surface area contributed by atoms with E-state index in [1.165, 1.54) is 0 Å². The summed E-state index contributed by atoms with van der Waals surface area (Å²) in [4.78, 5) is 26.4. The summed E-state index contributed by atoms with van der Waals surface area (Å²) in [6, 6.07) is 12.1. The third kappa shape index (κ3) is 1.82. The van der Waals surface area contributed by atoms with E-state index >= 15 is 0 Å². The van der Waals surface area contributed by atoms with E-state index < -0.39 is 6.04 Å². The molecule has 21 heavy (non-hydrogen) atoms. The summed E-state index contributed by atoms with van der Waals surface area (Å²) in [7, 11) is 0. The third-order valence-electron chi connectivity index (χ3n) is 3.85. The maximum Gasteiger partial charge on any atom is 0.262 e. The van der Waals surface area contributed by atoms with Crippen LogP contribution in [0.2, 0.25) is 0 Å². The molecule has 0 fully saturated rings. The Kier molecular flexibility index (Phi) is 2.99. The van der Waals surface area contributed by atoms with Gasteiger partial charge in [0.1, 0.15) is 6.04 Å². The monoisotopic (exact) mass is 278 g/mol. The fourth-order valence-corrected chi connectivity index (χ4v) is 2.81. The number of amides is 2. The summed E-state index contributed by atoms with van der Waals surface area (Å²) in [6.45, 7) is 3.66. The predicted molar refractivity (Wildman–Crippen MR) is 78.7 cm³/mol. The van der Waals surface area contributed by atoms with E-state index in [0.717, 1.165) is 10.3 Å². The second-order valence-corrected chi connectivity index (χ2v) is 5.51. The lowest BCUT2D eigenvalue weighted by Crippen LogP contribution is -2.48. The Morgan fingerprint density at radius 2 is 1.52 bits per heavy atom. The second-order valence-electron chi connectivity index (χ2n) is 5.51. The lowest BCUT2D eigenvalue weighted by atomic mass is 9.91. The number of benzene rings is 2. The van der Waals surface area contributed by atoms with Gasteiger partial charge in [-0.2, -0.15) is 5.26 Å². The Hall–Kier alpha value is -2.67. The van der Waals surface area contributed by atoms with Crippen molar-refractivity contribution in [1.29, 1.82) is 5.26 Å². The second kappa shape index (κ2) is 4.71. The lowest BCUT2D eigenvalue weighted by Gasteiger charge is -2.32. The van der Waals surface area contributed by atoms with Gasteiger partial charge in [-0.1, -0.05) is 38.1 Å². The SMILES string of the molecule is CC(C)C(C#N)N1C(=O)c2cccc3cccc(c23)C1=O. The Balaban J connectivity index is 2.27. The lowest BCUT2D eigenvalue weighted by molar-refractivity contribution is 0.0543. The van der Waals surface area contributed by atoms with E-state index in [1.54, 1.807) is 24.3 Å². The normalized spacial score (nSPS) is 15.4. The molecule has 0 N–H and O–H groups in total. The zero-order valence-corrected chi connectivity index (χ0v) is 11.8. The van der Waals surface area contributed by atoms with Crippen molar-refractivity contribution in [1.82, 2.24) is 4.90 Å². The summed E-state index contributed by atoms with van der Waals surface area (Å²) >= 11 is 0. The molecule has 4 nitrogen and oxygen atoms in total. The first kappa shape index (κ1) is 13.3. The van der Waals surface area contributed by atoms with Crippen molar-refractivity contribution in [2.75, 3.05) is 0 Å². The van der Waals surface area contributed by atoms with Crippen LogP contribution in [0.15, 0.2) is 36.4 Å². The molecule has 1 aliphatic heterocycles. The van der Waals surface area contributed by atoms with Crippen molar-refractivity contribution < 1.29 is 9.59 Å². The molecule has 2 aromatic rings. The molecule has 2 amide bonds. The summed E-state index contributed by atoms with van der Waals surface area (Å²) in [5.74, 6) is -0.888. The minimum absolute atomic E-state index is 0.118. The number of hydrogen-bond acceptors (Lipinski definition) is 3. The highest BCUT2D eigenvalue weighted by Crippen LogP contribution is 2.31. The summed E-state index contributed by atoms with van der Waals surface area (Å²) in [5, 5.41) is 10.9. The number of hydrogen-bond donors (Lipinski definition) is 0. The van der Waals surface area contributed by atoms with Gasteiger partial charge in [0.25, 0.3) is 11.8 Å². The van der Waals surface area contributed by atoms with Gasteiger partial charge in [0, 0.05) is 16.5 Å². The van der Waals surface area contributed by atoms with Crippen LogP contribution in [0.5, 0.6) is 0 Å². The van der Waals surface area contributed by atoms with Gasteiger partial charge in [0.2, 0.25) is 0 Å². The number of nitriles is 1. The number of carbonyl (C=O) groups excluding carboxylic acids is 2. The average molecular weight is 278 g/mol. The predicted octanol–water partition coefficient (Wildman–Crippen LogP) is 2.98. The van der Waals surface area contributed by atoms with Crippen LogP contribution in [0.25, 0.3) is 10.8 Å². The molecule has 0 aromatic heterocycles. The Bertz CT molecular complexity index is 751. The van der Waals surface area contributed by atoms with Crippen LogP contribution in [0.1, 0.15) is 34.6 Å². The van der Waals surface area contributed by atoms with Gasteiger partial charge in [-0.15, -0.1) is 0 Å². The van der Waals surface area contributed by atoms with Crippen molar-refractivity contribution in [2.24, 2.45) is 5.92 Å². The Morgan fingerprint density at radius 1 is 1.00 bits per heavy atom. The van der Waals surface area contributed by atoms with Crippen LogP contribution in [0.4, 0.5) is 0 Å². The highest BCUT2D eigenvalue weighted by atomic mass is 16.2. The summed E-state index contributed by atoms with van der Waals surface area (Å²) in [6.07, 6.45) is 0. The van der Waals surface area contributed by atoms with Crippen LogP contribution in [-0.4, -0.2) is 22.8 Å². The average Bonchev–Trinajstić information content (AvgIpc) is 2.48. The molecule has 0 aliphatic carbocycles. The van der Waals surface area contributed by atoms with Gasteiger partial charge in [-0.3, -0.25) is 14.5 Å². The molecule has 1 heterocycles. The molecule has 104 valence electrons. The number of nitrogens with zero attached hydrogens (tertiary/aromatic N) is 2. The van der Waals surface area contributed by atoms with E-state index in [4.69, 9.17) is 0 Å². The molecule has 4 heteroatoms. The highest BCUT2D eigenvalue weighted by Gasteiger charge is 2.38. The molecular formula is C17H14N2O2. The number of imide groups is 1. The fourth-order valence-electron chi connectivity index (χ4n) is 2.81. The zero-order chi connectivity index (χ0) is 15.1. The van der Waals surface area contributed by atoms with Crippen LogP contribution < -0.4 is 0 Å². The van der Waals surface area contributed by atoms with Crippen molar-refractivity contribution in [3.63, 3.8) is 0 Å². The number of rotatable bonds is 2. The van der Waals surface area contributed by atoms with Crippen molar-refractivity contribution in [2.45, 2.75) is 19.9 Å². The van der Waals surface area contributed by atoms with Crippen LogP contribution in [0, 0.1) is 17.2 Å². The van der Waals surface area contributed by atoms with E-state index in [-0.39, 0.29) is 17.7 Å². The van der Waals surface area contributed by atoms with Crippen LogP contribution >= 0.6 is 0 Å². The first-order valence-corrected chi connectivity index (χ1v) is 6.85. The van der Waals surface area contributed by atoms with Crippen LogP contribution in [0.3, 0.4) is 0 Å². The largest absolute Gasteiger partial charge is 0.269 e.